The molecule has 0 radical (unpaired) electrons. The molecule has 0 bridgehead atoms. The number of hydrogen-bond acceptors (Lipinski definition) is 7. The average Bonchev–Trinajstić information content (AvgIpc) is 3.43. The summed E-state index contributed by atoms with van der Waals surface area (Å²) in [7, 11) is 1.83. The first-order chi connectivity index (χ1) is 13.9. The summed E-state index contributed by atoms with van der Waals surface area (Å²) in [6.45, 7) is 3.79. The average molecular weight is 413 g/mol. The molecule has 5 rings (SSSR count). The summed E-state index contributed by atoms with van der Waals surface area (Å²) in [5, 5.41) is 6.07. The molecule has 1 saturated heterocycles. The second-order valence-corrected chi connectivity index (χ2v) is 9.42. The van der Waals surface area contributed by atoms with Crippen LogP contribution in [-0.4, -0.2) is 69.3 Å². The van der Waals surface area contributed by atoms with Gasteiger partial charge in [0.05, 0.1) is 16.3 Å². The molecule has 0 aromatic carbocycles. The van der Waals surface area contributed by atoms with Gasteiger partial charge in [0.15, 0.2) is 0 Å². The zero-order valence-corrected chi connectivity index (χ0v) is 17.5. The molecule has 2 aromatic heterocycles. The number of carbonyl (C=O) groups excluding carboxylic acids is 2. The Morgan fingerprint density at radius 1 is 1.28 bits per heavy atom. The van der Waals surface area contributed by atoms with Gasteiger partial charge in [-0.2, -0.15) is 0 Å². The van der Waals surface area contributed by atoms with E-state index in [0.717, 1.165) is 36.4 Å². The summed E-state index contributed by atoms with van der Waals surface area (Å²) in [5.74, 6) is 0.572. The van der Waals surface area contributed by atoms with Crippen molar-refractivity contribution in [2.24, 2.45) is 0 Å². The van der Waals surface area contributed by atoms with Gasteiger partial charge in [-0.1, -0.05) is 0 Å². The van der Waals surface area contributed by atoms with E-state index in [0.29, 0.717) is 42.9 Å². The first-order valence-corrected chi connectivity index (χ1v) is 10.9. The molecule has 152 valence electrons. The van der Waals surface area contributed by atoms with Gasteiger partial charge >= 0.3 is 0 Å². The summed E-state index contributed by atoms with van der Waals surface area (Å²) in [6.07, 6.45) is 5.49. The van der Waals surface area contributed by atoms with Crippen LogP contribution in [0.25, 0.3) is 0 Å². The van der Waals surface area contributed by atoms with Crippen LogP contribution in [0.4, 0.5) is 5.95 Å². The summed E-state index contributed by atoms with van der Waals surface area (Å²) in [6, 6.07) is 0.451. The number of thiazole rings is 1. The van der Waals surface area contributed by atoms with E-state index in [9.17, 15) is 9.59 Å². The fourth-order valence-corrected chi connectivity index (χ4v) is 4.97. The molecule has 1 saturated carbocycles. The second kappa shape index (κ2) is 6.76. The molecule has 2 aromatic rings. The van der Waals surface area contributed by atoms with Crippen LogP contribution < -0.4 is 5.32 Å². The van der Waals surface area contributed by atoms with Crippen LogP contribution in [0.5, 0.6) is 0 Å². The first-order valence-electron chi connectivity index (χ1n) is 10.1. The molecule has 8 nitrogen and oxygen atoms in total. The number of aromatic nitrogens is 3. The molecule has 3 aliphatic rings. The zero-order chi connectivity index (χ0) is 20.2. The van der Waals surface area contributed by atoms with Gasteiger partial charge in [-0.25, -0.2) is 15.0 Å². The molecule has 9 heteroatoms. The summed E-state index contributed by atoms with van der Waals surface area (Å²) in [5.41, 5.74) is 1.72. The number of anilines is 1. The maximum absolute atomic E-state index is 12.8. The molecule has 2 aliphatic heterocycles. The van der Waals surface area contributed by atoms with Gasteiger partial charge in [-0.3, -0.25) is 9.59 Å². The van der Waals surface area contributed by atoms with E-state index in [2.05, 4.69) is 15.3 Å². The summed E-state index contributed by atoms with van der Waals surface area (Å²) in [4.78, 5) is 42.7. The molecule has 4 heterocycles. The Bertz CT molecular complexity index is 977. The normalized spacial score (nSPS) is 20.7. The highest BCUT2D eigenvalue weighted by Crippen LogP contribution is 2.41. The summed E-state index contributed by atoms with van der Waals surface area (Å²) < 4.78 is 0. The lowest BCUT2D eigenvalue weighted by atomic mass is 9.71. The third kappa shape index (κ3) is 3.27. The van der Waals surface area contributed by atoms with Crippen molar-refractivity contribution in [2.75, 3.05) is 32.0 Å². The Balaban J connectivity index is 1.41. The van der Waals surface area contributed by atoms with Crippen molar-refractivity contribution < 1.29 is 9.59 Å². The van der Waals surface area contributed by atoms with Gasteiger partial charge in [0, 0.05) is 49.7 Å². The van der Waals surface area contributed by atoms with E-state index < -0.39 is 0 Å². The van der Waals surface area contributed by atoms with Crippen LogP contribution in [0, 0.1) is 6.92 Å². The number of rotatable bonds is 3. The van der Waals surface area contributed by atoms with Crippen LogP contribution in [0.15, 0.2) is 11.6 Å². The van der Waals surface area contributed by atoms with E-state index in [1.807, 2.05) is 24.3 Å². The zero-order valence-electron chi connectivity index (χ0n) is 16.6. The minimum absolute atomic E-state index is 0.0107. The van der Waals surface area contributed by atoms with Crippen LogP contribution in [-0.2, 0) is 5.41 Å². The van der Waals surface area contributed by atoms with Crippen molar-refractivity contribution in [3.63, 3.8) is 0 Å². The van der Waals surface area contributed by atoms with Crippen molar-refractivity contribution in [3.05, 3.63) is 33.5 Å². The lowest BCUT2D eigenvalue weighted by Crippen LogP contribution is -2.54. The van der Waals surface area contributed by atoms with Crippen molar-refractivity contribution in [1.82, 2.24) is 24.8 Å². The fourth-order valence-electron chi connectivity index (χ4n) is 4.39. The van der Waals surface area contributed by atoms with E-state index in [1.165, 1.54) is 11.3 Å². The molecule has 29 heavy (non-hydrogen) atoms. The largest absolute Gasteiger partial charge is 0.351 e. The standard InChI is InChI=1S/C20H24N6O2S/c1-12-22-15(10-29-12)18(28)26-7-5-20(6-8-26)11-25(2)17(27)14-9-21-19(24-16(14)20)23-13-3-4-13/h9-10,13H,3-8,11H2,1-2H3,(H,21,23,24). The van der Waals surface area contributed by atoms with E-state index >= 15 is 0 Å². The van der Waals surface area contributed by atoms with Crippen LogP contribution >= 0.6 is 11.3 Å². The van der Waals surface area contributed by atoms with Gasteiger partial charge < -0.3 is 15.1 Å². The van der Waals surface area contributed by atoms with Crippen LogP contribution in [0.1, 0.15) is 57.2 Å². The number of aryl methyl sites for hydroxylation is 1. The molecule has 2 amide bonds. The number of nitrogens with zero attached hydrogens (tertiary/aromatic N) is 5. The number of piperidine rings is 1. The third-order valence-corrected chi connectivity index (χ3v) is 6.94. The molecule has 0 atom stereocenters. The first kappa shape index (κ1) is 18.5. The molecule has 1 N–H and O–H groups in total. The lowest BCUT2D eigenvalue weighted by molar-refractivity contribution is 0.0538. The number of amides is 2. The maximum atomic E-state index is 12.8. The Kier molecular flexibility index (Phi) is 4.31. The minimum atomic E-state index is -0.240. The number of fused-ring (bicyclic) bond motifs is 2. The van der Waals surface area contributed by atoms with Gasteiger partial charge in [0.2, 0.25) is 5.95 Å². The van der Waals surface area contributed by atoms with Crippen molar-refractivity contribution >= 4 is 29.1 Å². The number of nitrogens with one attached hydrogen (secondary N) is 1. The molecule has 2 fully saturated rings. The Morgan fingerprint density at radius 3 is 2.69 bits per heavy atom. The van der Waals surface area contributed by atoms with Gasteiger partial charge in [-0.05, 0) is 32.6 Å². The van der Waals surface area contributed by atoms with Crippen molar-refractivity contribution in [1.29, 1.82) is 0 Å². The molecular weight excluding hydrogens is 388 g/mol. The lowest BCUT2D eigenvalue weighted by Gasteiger charge is -2.46. The highest BCUT2D eigenvalue weighted by atomic mass is 32.1. The van der Waals surface area contributed by atoms with E-state index in [-0.39, 0.29) is 17.2 Å². The highest BCUT2D eigenvalue weighted by Gasteiger charge is 2.46. The van der Waals surface area contributed by atoms with Gasteiger partial charge in [0.25, 0.3) is 11.8 Å². The van der Waals surface area contributed by atoms with E-state index in [1.54, 1.807) is 11.1 Å². The predicted octanol–water partition coefficient (Wildman–Crippen LogP) is 2.08. The quantitative estimate of drug-likeness (QED) is 0.830. The van der Waals surface area contributed by atoms with Crippen LogP contribution in [0.3, 0.4) is 0 Å². The molecular formula is C20H24N6O2S. The van der Waals surface area contributed by atoms with Gasteiger partial charge in [0.1, 0.15) is 5.69 Å². The monoisotopic (exact) mass is 412 g/mol. The minimum Gasteiger partial charge on any atom is -0.351 e. The van der Waals surface area contributed by atoms with Gasteiger partial charge in [-0.15, -0.1) is 11.3 Å². The molecule has 1 aliphatic carbocycles. The number of hydrogen-bond donors (Lipinski definition) is 1. The summed E-state index contributed by atoms with van der Waals surface area (Å²) >= 11 is 1.49. The van der Waals surface area contributed by atoms with E-state index in [4.69, 9.17) is 4.98 Å². The Labute approximate surface area is 173 Å². The highest BCUT2D eigenvalue weighted by molar-refractivity contribution is 7.09. The Hall–Kier alpha value is -2.55. The van der Waals surface area contributed by atoms with Crippen LogP contribution in [0.2, 0.25) is 0 Å². The molecule has 0 unspecified atom stereocenters. The Morgan fingerprint density at radius 2 is 2.03 bits per heavy atom. The fraction of sp³-hybridized carbons (Fsp3) is 0.550. The van der Waals surface area contributed by atoms with Crippen molar-refractivity contribution in [2.45, 2.75) is 44.1 Å². The predicted molar refractivity (Wildman–Crippen MR) is 109 cm³/mol. The number of likely N-dealkylation sites (tertiary alicyclic amines) is 1. The SMILES string of the molecule is Cc1nc(C(=O)N2CCC3(CC2)CN(C)C(=O)c2cnc(NC4CC4)nc23)cs1. The maximum Gasteiger partial charge on any atom is 0.273 e. The molecule has 1 spiro atoms. The van der Waals surface area contributed by atoms with Crippen molar-refractivity contribution in [3.8, 4) is 0 Å². The third-order valence-electron chi connectivity index (χ3n) is 6.16. The second-order valence-electron chi connectivity index (χ2n) is 8.36. The number of likely N-dealkylation sites (N-methyl/N-ethyl adjacent to an activating group) is 1. The topological polar surface area (TPSA) is 91.3 Å². The smallest absolute Gasteiger partial charge is 0.273 e. The number of carbonyl (C=O) groups is 2.